The molecule has 0 aromatic heterocycles. The lowest BCUT2D eigenvalue weighted by Gasteiger charge is -2.04. The maximum absolute atomic E-state index is 11.9. The number of hydrogen-bond donors (Lipinski definition) is 0. The van der Waals surface area contributed by atoms with Crippen molar-refractivity contribution in [2.75, 3.05) is 14.2 Å². The number of rotatable bonds is 6. The topological polar surface area (TPSA) is 69.7 Å². The van der Waals surface area contributed by atoms with Crippen molar-refractivity contribution in [1.29, 1.82) is 0 Å². The first-order valence-electron chi connectivity index (χ1n) is 6.01. The summed E-state index contributed by atoms with van der Waals surface area (Å²) in [6.07, 6.45) is 1.20. The molecule has 1 aromatic carbocycles. The Kier molecular flexibility index (Phi) is 6.16. The molecule has 0 aliphatic carbocycles. The van der Waals surface area contributed by atoms with Crippen molar-refractivity contribution < 1.29 is 23.9 Å². The third-order valence-corrected chi connectivity index (χ3v) is 2.64. The highest BCUT2D eigenvalue weighted by atomic mass is 16.5. The molecule has 0 unspecified atom stereocenters. The Labute approximate surface area is 117 Å². The van der Waals surface area contributed by atoms with Crippen molar-refractivity contribution in [3.05, 3.63) is 47.5 Å². The second-order valence-electron chi connectivity index (χ2n) is 3.97. The van der Waals surface area contributed by atoms with Gasteiger partial charge < -0.3 is 9.47 Å². The fourth-order valence-electron chi connectivity index (χ4n) is 1.54. The van der Waals surface area contributed by atoms with Crippen molar-refractivity contribution in [3.8, 4) is 0 Å². The van der Waals surface area contributed by atoms with E-state index in [0.717, 1.165) is 0 Å². The minimum atomic E-state index is -0.642. The number of ketones is 1. The van der Waals surface area contributed by atoms with Crippen LogP contribution in [0.3, 0.4) is 0 Å². The quantitative estimate of drug-likeness (QED) is 0.451. The number of methoxy groups -OCH3 is 2. The van der Waals surface area contributed by atoms with Gasteiger partial charge in [0.2, 0.25) is 0 Å². The lowest BCUT2D eigenvalue weighted by molar-refractivity contribution is -0.143. The first kappa shape index (κ1) is 15.6. The van der Waals surface area contributed by atoms with Crippen LogP contribution in [0.5, 0.6) is 0 Å². The van der Waals surface area contributed by atoms with E-state index < -0.39 is 11.9 Å². The molecule has 5 heteroatoms. The molecule has 0 spiro atoms. The largest absolute Gasteiger partial charge is 0.469 e. The number of carbonyl (C=O) groups is 3. The molecule has 1 aromatic rings. The lowest BCUT2D eigenvalue weighted by atomic mass is 10.1. The summed E-state index contributed by atoms with van der Waals surface area (Å²) in [5.74, 6) is -1.35. The lowest BCUT2D eigenvalue weighted by Crippen LogP contribution is -2.11. The van der Waals surface area contributed by atoms with Gasteiger partial charge in [-0.1, -0.05) is 36.4 Å². The maximum Gasteiger partial charge on any atom is 0.334 e. The third kappa shape index (κ3) is 4.68. The molecular formula is C15H16O5. The van der Waals surface area contributed by atoms with Crippen LogP contribution in [0.15, 0.2) is 42.0 Å². The van der Waals surface area contributed by atoms with Gasteiger partial charge in [-0.25, -0.2) is 4.79 Å². The van der Waals surface area contributed by atoms with Gasteiger partial charge in [0.15, 0.2) is 5.78 Å². The van der Waals surface area contributed by atoms with Gasteiger partial charge in [-0.2, -0.15) is 0 Å². The van der Waals surface area contributed by atoms with Gasteiger partial charge in [0.05, 0.1) is 20.6 Å². The van der Waals surface area contributed by atoms with Gasteiger partial charge >= 0.3 is 11.9 Å². The van der Waals surface area contributed by atoms with Crippen molar-refractivity contribution >= 4 is 17.7 Å². The molecular weight excluding hydrogens is 260 g/mol. The number of ether oxygens (including phenoxy) is 2. The molecule has 5 nitrogen and oxygen atoms in total. The smallest absolute Gasteiger partial charge is 0.334 e. The predicted molar refractivity (Wildman–Crippen MR) is 72.1 cm³/mol. The zero-order chi connectivity index (χ0) is 15.0. The molecule has 1 rings (SSSR count). The van der Waals surface area contributed by atoms with Crippen LogP contribution in [-0.2, 0) is 19.1 Å². The number of benzene rings is 1. The van der Waals surface area contributed by atoms with Gasteiger partial charge in [0, 0.05) is 17.6 Å². The van der Waals surface area contributed by atoms with Gasteiger partial charge in [0.1, 0.15) is 0 Å². The molecule has 0 saturated carbocycles. The van der Waals surface area contributed by atoms with Crippen LogP contribution in [0.4, 0.5) is 0 Å². The Morgan fingerprint density at radius 3 is 2.25 bits per heavy atom. The molecule has 0 heterocycles. The number of allylic oxidation sites excluding steroid dienone is 1. The number of hydrogen-bond acceptors (Lipinski definition) is 5. The maximum atomic E-state index is 11.9. The van der Waals surface area contributed by atoms with E-state index >= 15 is 0 Å². The van der Waals surface area contributed by atoms with Crippen molar-refractivity contribution in [3.63, 3.8) is 0 Å². The van der Waals surface area contributed by atoms with E-state index in [9.17, 15) is 14.4 Å². The SMILES string of the molecule is COC(=O)CC(=CCC(=O)c1ccccc1)C(=O)OC. The second-order valence-corrected chi connectivity index (χ2v) is 3.97. The normalized spacial score (nSPS) is 10.8. The number of esters is 2. The van der Waals surface area contributed by atoms with Gasteiger partial charge in [-0.15, -0.1) is 0 Å². The summed E-state index contributed by atoms with van der Waals surface area (Å²) >= 11 is 0. The molecule has 0 radical (unpaired) electrons. The minimum absolute atomic E-state index is 0.0193. The van der Waals surface area contributed by atoms with Crippen LogP contribution in [-0.4, -0.2) is 31.9 Å². The molecule has 0 amide bonds. The van der Waals surface area contributed by atoms with E-state index in [0.29, 0.717) is 5.56 Å². The molecule has 20 heavy (non-hydrogen) atoms. The Bertz CT molecular complexity index is 516. The third-order valence-electron chi connectivity index (χ3n) is 2.64. The van der Waals surface area contributed by atoms with E-state index in [4.69, 9.17) is 0 Å². The highest BCUT2D eigenvalue weighted by molar-refractivity contribution is 5.99. The fourth-order valence-corrected chi connectivity index (χ4v) is 1.54. The average Bonchev–Trinajstić information content (AvgIpc) is 2.50. The minimum Gasteiger partial charge on any atom is -0.469 e. The summed E-state index contributed by atoms with van der Waals surface area (Å²) in [7, 11) is 2.44. The summed E-state index contributed by atoms with van der Waals surface area (Å²) < 4.78 is 9.06. The molecule has 0 bridgehead atoms. The second kappa shape index (κ2) is 7.89. The summed E-state index contributed by atoms with van der Waals surface area (Å²) in [4.78, 5) is 34.6. The fraction of sp³-hybridized carbons (Fsp3) is 0.267. The summed E-state index contributed by atoms with van der Waals surface area (Å²) in [5.41, 5.74) is 0.662. The standard InChI is InChI=1S/C15H16O5/c1-19-14(17)10-12(15(18)20-2)8-9-13(16)11-6-4-3-5-7-11/h3-8H,9-10H2,1-2H3. The summed E-state index contributed by atoms with van der Waals surface area (Å²) in [6, 6.07) is 8.70. The number of carbonyl (C=O) groups excluding carboxylic acids is 3. The first-order chi connectivity index (χ1) is 9.58. The van der Waals surface area contributed by atoms with Gasteiger partial charge in [-0.3, -0.25) is 9.59 Å². The Morgan fingerprint density at radius 2 is 1.70 bits per heavy atom. The molecule has 0 saturated heterocycles. The zero-order valence-corrected chi connectivity index (χ0v) is 11.4. The Balaban J connectivity index is 2.78. The van der Waals surface area contributed by atoms with E-state index in [1.54, 1.807) is 24.3 Å². The average molecular weight is 276 g/mol. The van der Waals surface area contributed by atoms with Crippen LogP contribution in [0, 0.1) is 0 Å². The molecule has 0 fully saturated rings. The molecule has 0 aliphatic heterocycles. The predicted octanol–water partition coefficient (Wildman–Crippen LogP) is 1.92. The van der Waals surface area contributed by atoms with Crippen molar-refractivity contribution in [2.24, 2.45) is 0 Å². The van der Waals surface area contributed by atoms with Crippen LogP contribution in [0.1, 0.15) is 23.2 Å². The highest BCUT2D eigenvalue weighted by Gasteiger charge is 2.15. The first-order valence-corrected chi connectivity index (χ1v) is 6.01. The number of Topliss-reactive ketones (excluding diaryl/α,β-unsaturated/α-hetero) is 1. The van der Waals surface area contributed by atoms with Crippen LogP contribution >= 0.6 is 0 Å². The Morgan fingerprint density at radius 1 is 1.05 bits per heavy atom. The van der Waals surface area contributed by atoms with E-state index in [1.165, 1.54) is 20.3 Å². The van der Waals surface area contributed by atoms with Gasteiger partial charge in [0.25, 0.3) is 0 Å². The molecule has 0 aliphatic rings. The van der Waals surface area contributed by atoms with E-state index in [-0.39, 0.29) is 24.2 Å². The summed E-state index contributed by atoms with van der Waals surface area (Å²) in [6.45, 7) is 0. The van der Waals surface area contributed by atoms with Crippen LogP contribution in [0.25, 0.3) is 0 Å². The Hall–Kier alpha value is -2.43. The monoisotopic (exact) mass is 276 g/mol. The van der Waals surface area contributed by atoms with Gasteiger partial charge in [-0.05, 0) is 0 Å². The molecule has 0 atom stereocenters. The van der Waals surface area contributed by atoms with Crippen molar-refractivity contribution in [1.82, 2.24) is 0 Å². The van der Waals surface area contributed by atoms with E-state index in [1.807, 2.05) is 6.07 Å². The molecule has 0 N–H and O–H groups in total. The van der Waals surface area contributed by atoms with E-state index in [2.05, 4.69) is 9.47 Å². The highest BCUT2D eigenvalue weighted by Crippen LogP contribution is 2.10. The summed E-state index contributed by atoms with van der Waals surface area (Å²) in [5, 5.41) is 0. The van der Waals surface area contributed by atoms with Crippen LogP contribution in [0.2, 0.25) is 0 Å². The zero-order valence-electron chi connectivity index (χ0n) is 11.4. The molecule has 106 valence electrons. The van der Waals surface area contributed by atoms with Crippen molar-refractivity contribution in [2.45, 2.75) is 12.8 Å². The van der Waals surface area contributed by atoms with Crippen LogP contribution < -0.4 is 0 Å².